The second kappa shape index (κ2) is 6.09. The van der Waals surface area contributed by atoms with Gasteiger partial charge in [0.05, 0.1) is 0 Å². The van der Waals surface area contributed by atoms with Crippen molar-refractivity contribution in [2.75, 3.05) is 0 Å². The van der Waals surface area contributed by atoms with Crippen LogP contribution in [0.25, 0.3) is 0 Å². The van der Waals surface area contributed by atoms with Crippen LogP contribution in [0.1, 0.15) is 59.3 Å². The predicted molar refractivity (Wildman–Crippen MR) is 64.8 cm³/mol. The van der Waals surface area contributed by atoms with Crippen LogP contribution in [0.5, 0.6) is 0 Å². The first-order valence-corrected chi connectivity index (χ1v) is 6.31. The third-order valence-electron chi connectivity index (χ3n) is 3.22. The van der Waals surface area contributed by atoms with Gasteiger partial charge in [0.1, 0.15) is 0 Å². The van der Waals surface area contributed by atoms with Crippen LogP contribution in [-0.2, 0) is 4.79 Å². The fourth-order valence-electron chi connectivity index (χ4n) is 2.05. The van der Waals surface area contributed by atoms with Gasteiger partial charge < -0.3 is 0 Å². The van der Waals surface area contributed by atoms with E-state index in [4.69, 9.17) is 0 Å². The summed E-state index contributed by atoms with van der Waals surface area (Å²) in [6.07, 6.45) is 8.48. The molecule has 1 nitrogen and oxygen atoms in total. The molecule has 0 aromatic carbocycles. The highest BCUT2D eigenvalue weighted by atomic mass is 16.1. The molecule has 0 aliphatic heterocycles. The number of carbonyl (C=O) groups excluding carboxylic acids is 1. The highest BCUT2D eigenvalue weighted by Gasteiger charge is 2.15. The number of hydrogen-bond donors (Lipinski definition) is 0. The number of carbonyl (C=O) groups is 1. The molecule has 0 N–H and O–H groups in total. The molecule has 0 amide bonds. The van der Waals surface area contributed by atoms with Crippen LogP contribution in [0.3, 0.4) is 0 Å². The lowest BCUT2D eigenvalue weighted by Gasteiger charge is -2.17. The Kier molecular flexibility index (Phi) is 5.07. The lowest BCUT2D eigenvalue weighted by atomic mass is 9.88. The molecular weight excluding hydrogens is 184 g/mol. The average molecular weight is 208 g/mol. The summed E-state index contributed by atoms with van der Waals surface area (Å²) in [5.74, 6) is 1.90. The van der Waals surface area contributed by atoms with Crippen LogP contribution < -0.4 is 0 Å². The van der Waals surface area contributed by atoms with Crippen molar-refractivity contribution in [3.8, 4) is 0 Å². The van der Waals surface area contributed by atoms with Crippen LogP contribution in [0.4, 0.5) is 0 Å². The zero-order valence-electron chi connectivity index (χ0n) is 10.4. The lowest BCUT2D eigenvalue weighted by Crippen LogP contribution is -2.09. The number of hydrogen-bond acceptors (Lipinski definition) is 1. The zero-order chi connectivity index (χ0) is 11.3. The molecule has 0 fully saturated rings. The quantitative estimate of drug-likeness (QED) is 0.664. The summed E-state index contributed by atoms with van der Waals surface area (Å²) in [5.41, 5.74) is 1.11. The van der Waals surface area contributed by atoms with Crippen molar-refractivity contribution in [1.29, 1.82) is 0 Å². The van der Waals surface area contributed by atoms with E-state index in [2.05, 4.69) is 26.8 Å². The van der Waals surface area contributed by atoms with Crippen molar-refractivity contribution in [3.63, 3.8) is 0 Å². The Labute approximate surface area is 93.9 Å². The Morgan fingerprint density at radius 2 is 2.27 bits per heavy atom. The Morgan fingerprint density at radius 1 is 1.53 bits per heavy atom. The molecule has 1 rings (SSSR count). The van der Waals surface area contributed by atoms with E-state index < -0.39 is 0 Å². The van der Waals surface area contributed by atoms with Gasteiger partial charge in [0.2, 0.25) is 0 Å². The molecule has 1 aliphatic carbocycles. The third kappa shape index (κ3) is 4.63. The predicted octanol–water partition coefficient (Wildman–Crippen LogP) is 4.13. The molecule has 0 saturated carbocycles. The Balaban J connectivity index is 2.28. The second-order valence-corrected chi connectivity index (χ2v) is 5.32. The van der Waals surface area contributed by atoms with Crippen LogP contribution >= 0.6 is 0 Å². The molecule has 0 bridgehead atoms. The zero-order valence-corrected chi connectivity index (χ0v) is 10.4. The summed E-state index contributed by atoms with van der Waals surface area (Å²) in [4.78, 5) is 11.8. The summed E-state index contributed by atoms with van der Waals surface area (Å²) in [6, 6.07) is 0. The summed E-state index contributed by atoms with van der Waals surface area (Å²) < 4.78 is 0. The van der Waals surface area contributed by atoms with E-state index in [-0.39, 0.29) is 0 Å². The number of Topliss-reactive ketones (excluding diaryl/α,β-unsaturated/α-hetero) is 1. The first kappa shape index (κ1) is 12.5. The Bertz CT molecular complexity index is 238. The van der Waals surface area contributed by atoms with Gasteiger partial charge in [-0.15, -0.1) is 0 Å². The van der Waals surface area contributed by atoms with Crippen LogP contribution in [0, 0.1) is 11.8 Å². The SMILES string of the molecule is CC(C)CCCC(=O)C1=CCC(C)CC1. The lowest BCUT2D eigenvalue weighted by molar-refractivity contribution is -0.116. The van der Waals surface area contributed by atoms with Gasteiger partial charge in [-0.25, -0.2) is 0 Å². The highest BCUT2D eigenvalue weighted by Crippen LogP contribution is 2.24. The molecule has 1 atom stereocenters. The van der Waals surface area contributed by atoms with E-state index in [9.17, 15) is 4.79 Å². The van der Waals surface area contributed by atoms with Crippen molar-refractivity contribution >= 4 is 5.78 Å². The van der Waals surface area contributed by atoms with Gasteiger partial charge in [0, 0.05) is 6.42 Å². The minimum atomic E-state index is 0.405. The third-order valence-corrected chi connectivity index (χ3v) is 3.22. The van der Waals surface area contributed by atoms with E-state index >= 15 is 0 Å². The first-order chi connectivity index (χ1) is 7.09. The number of ketones is 1. The molecule has 0 spiro atoms. The fourth-order valence-corrected chi connectivity index (χ4v) is 2.05. The minimum Gasteiger partial charge on any atom is -0.295 e. The van der Waals surface area contributed by atoms with E-state index in [0.29, 0.717) is 5.78 Å². The summed E-state index contributed by atoms with van der Waals surface area (Å²) in [7, 11) is 0. The van der Waals surface area contributed by atoms with E-state index in [1.165, 1.54) is 12.8 Å². The molecule has 0 aromatic rings. The standard InChI is InChI=1S/C14H24O/c1-11(2)5-4-6-14(15)13-9-7-12(3)8-10-13/h9,11-12H,4-8,10H2,1-3H3. The molecule has 0 heterocycles. The largest absolute Gasteiger partial charge is 0.295 e. The molecule has 1 heteroatoms. The molecule has 0 radical (unpaired) electrons. The Morgan fingerprint density at radius 3 is 2.80 bits per heavy atom. The molecule has 1 aliphatic rings. The summed E-state index contributed by atoms with van der Waals surface area (Å²) >= 11 is 0. The maximum absolute atomic E-state index is 11.8. The molecular formula is C14H24O. The monoisotopic (exact) mass is 208 g/mol. The second-order valence-electron chi connectivity index (χ2n) is 5.32. The van der Waals surface area contributed by atoms with Crippen LogP contribution in [-0.4, -0.2) is 5.78 Å². The van der Waals surface area contributed by atoms with Gasteiger partial charge in [-0.05, 0) is 43.1 Å². The van der Waals surface area contributed by atoms with Crippen LogP contribution in [0.2, 0.25) is 0 Å². The molecule has 86 valence electrons. The smallest absolute Gasteiger partial charge is 0.158 e. The maximum atomic E-state index is 11.8. The normalized spacial score (nSPS) is 21.6. The minimum absolute atomic E-state index is 0.405. The first-order valence-electron chi connectivity index (χ1n) is 6.31. The van der Waals surface area contributed by atoms with Crippen molar-refractivity contribution in [2.45, 2.75) is 59.3 Å². The van der Waals surface area contributed by atoms with E-state index in [1.807, 2.05) is 0 Å². The average Bonchev–Trinajstić information content (AvgIpc) is 2.18. The topological polar surface area (TPSA) is 17.1 Å². The molecule has 0 aromatic heterocycles. The number of allylic oxidation sites excluding steroid dienone is 2. The fraction of sp³-hybridized carbons (Fsp3) is 0.786. The number of rotatable bonds is 5. The van der Waals surface area contributed by atoms with E-state index in [0.717, 1.165) is 43.1 Å². The summed E-state index contributed by atoms with van der Waals surface area (Å²) in [5, 5.41) is 0. The Hall–Kier alpha value is -0.590. The van der Waals surface area contributed by atoms with Crippen LogP contribution in [0.15, 0.2) is 11.6 Å². The van der Waals surface area contributed by atoms with Gasteiger partial charge >= 0.3 is 0 Å². The maximum Gasteiger partial charge on any atom is 0.158 e. The van der Waals surface area contributed by atoms with Gasteiger partial charge in [-0.1, -0.05) is 33.3 Å². The van der Waals surface area contributed by atoms with E-state index in [1.54, 1.807) is 0 Å². The van der Waals surface area contributed by atoms with Gasteiger partial charge in [-0.2, -0.15) is 0 Å². The molecule has 1 unspecified atom stereocenters. The molecule has 0 saturated heterocycles. The molecule has 15 heavy (non-hydrogen) atoms. The van der Waals surface area contributed by atoms with Gasteiger partial charge in [0.15, 0.2) is 5.78 Å². The van der Waals surface area contributed by atoms with Crippen molar-refractivity contribution in [1.82, 2.24) is 0 Å². The van der Waals surface area contributed by atoms with Gasteiger partial charge in [0.25, 0.3) is 0 Å². The van der Waals surface area contributed by atoms with Gasteiger partial charge in [-0.3, -0.25) is 4.79 Å². The van der Waals surface area contributed by atoms with Crippen molar-refractivity contribution in [2.24, 2.45) is 11.8 Å². The summed E-state index contributed by atoms with van der Waals surface area (Å²) in [6.45, 7) is 6.69. The highest BCUT2D eigenvalue weighted by molar-refractivity contribution is 5.95. The van der Waals surface area contributed by atoms with Crippen molar-refractivity contribution < 1.29 is 4.79 Å². The van der Waals surface area contributed by atoms with Crippen molar-refractivity contribution in [3.05, 3.63) is 11.6 Å².